The van der Waals surface area contributed by atoms with Crippen LogP contribution in [-0.2, 0) is 11.2 Å². The van der Waals surface area contributed by atoms with E-state index in [2.05, 4.69) is 18.4 Å². The molecule has 0 aliphatic carbocycles. The van der Waals surface area contributed by atoms with E-state index in [1.165, 1.54) is 10.4 Å². The lowest BCUT2D eigenvalue weighted by molar-refractivity contribution is 0.0578. The van der Waals surface area contributed by atoms with Crippen LogP contribution in [0.2, 0.25) is 0 Å². The fourth-order valence-electron chi connectivity index (χ4n) is 1.87. The van der Waals surface area contributed by atoms with Crippen molar-refractivity contribution in [1.29, 1.82) is 0 Å². The van der Waals surface area contributed by atoms with Gasteiger partial charge in [0.2, 0.25) is 0 Å². The molecule has 0 bridgehead atoms. The van der Waals surface area contributed by atoms with Gasteiger partial charge < -0.3 is 4.74 Å². The van der Waals surface area contributed by atoms with Gasteiger partial charge in [-0.15, -0.1) is 22.9 Å². The zero-order valence-corrected chi connectivity index (χ0v) is 9.90. The minimum atomic E-state index is 0.295. The molecular weight excluding hydrogens is 216 g/mol. The SMILES string of the molecule is Cc1cc(CC2COCCC2Cl)cs1. The van der Waals surface area contributed by atoms with Crippen LogP contribution >= 0.6 is 22.9 Å². The first kappa shape index (κ1) is 10.5. The van der Waals surface area contributed by atoms with Crippen LogP contribution in [0.4, 0.5) is 0 Å². The van der Waals surface area contributed by atoms with Gasteiger partial charge in [-0.2, -0.15) is 0 Å². The number of rotatable bonds is 2. The van der Waals surface area contributed by atoms with E-state index in [4.69, 9.17) is 16.3 Å². The summed E-state index contributed by atoms with van der Waals surface area (Å²) in [5, 5.41) is 2.53. The van der Waals surface area contributed by atoms with Crippen LogP contribution in [0.15, 0.2) is 11.4 Å². The van der Waals surface area contributed by atoms with E-state index < -0.39 is 0 Å². The van der Waals surface area contributed by atoms with Gasteiger partial charge in [-0.05, 0) is 36.8 Å². The third-order valence-electron chi connectivity index (χ3n) is 2.66. The molecule has 3 heteroatoms. The summed E-state index contributed by atoms with van der Waals surface area (Å²) in [6, 6.07) is 2.25. The number of halogens is 1. The molecule has 0 aromatic carbocycles. The molecule has 2 unspecified atom stereocenters. The minimum Gasteiger partial charge on any atom is -0.381 e. The average Bonchev–Trinajstić information content (AvgIpc) is 2.56. The predicted octanol–water partition coefficient (Wildman–Crippen LogP) is 3.24. The van der Waals surface area contributed by atoms with E-state index in [0.29, 0.717) is 11.3 Å². The second kappa shape index (κ2) is 4.65. The van der Waals surface area contributed by atoms with E-state index in [1.54, 1.807) is 0 Å². The molecule has 2 rings (SSSR count). The molecular formula is C11H15ClOS. The van der Waals surface area contributed by atoms with Gasteiger partial charge in [0.05, 0.1) is 6.61 Å². The number of thiophene rings is 1. The third-order valence-corrected chi connectivity index (χ3v) is 4.15. The summed E-state index contributed by atoms with van der Waals surface area (Å²) in [6.07, 6.45) is 2.06. The van der Waals surface area contributed by atoms with Gasteiger partial charge in [0.25, 0.3) is 0 Å². The number of alkyl halides is 1. The highest BCUT2D eigenvalue weighted by molar-refractivity contribution is 7.10. The minimum absolute atomic E-state index is 0.295. The average molecular weight is 231 g/mol. The molecule has 0 amide bonds. The molecule has 0 N–H and O–H groups in total. The van der Waals surface area contributed by atoms with Crippen molar-refractivity contribution >= 4 is 22.9 Å². The van der Waals surface area contributed by atoms with Crippen molar-refractivity contribution < 1.29 is 4.74 Å². The van der Waals surface area contributed by atoms with Crippen molar-refractivity contribution in [2.24, 2.45) is 5.92 Å². The van der Waals surface area contributed by atoms with Crippen LogP contribution in [0, 0.1) is 12.8 Å². The molecule has 1 saturated heterocycles. The lowest BCUT2D eigenvalue weighted by Gasteiger charge is -2.26. The zero-order chi connectivity index (χ0) is 9.97. The van der Waals surface area contributed by atoms with Gasteiger partial charge in [-0.1, -0.05) is 0 Å². The Kier molecular flexibility index (Phi) is 3.47. The molecule has 14 heavy (non-hydrogen) atoms. The van der Waals surface area contributed by atoms with Crippen LogP contribution in [-0.4, -0.2) is 18.6 Å². The van der Waals surface area contributed by atoms with Gasteiger partial charge in [0.15, 0.2) is 0 Å². The Morgan fingerprint density at radius 2 is 2.50 bits per heavy atom. The lowest BCUT2D eigenvalue weighted by Crippen LogP contribution is -2.29. The molecule has 0 radical (unpaired) electrons. The summed E-state index contributed by atoms with van der Waals surface area (Å²) in [6.45, 7) is 3.79. The third kappa shape index (κ3) is 2.50. The topological polar surface area (TPSA) is 9.23 Å². The molecule has 1 aromatic heterocycles. The van der Waals surface area contributed by atoms with Gasteiger partial charge in [-0.25, -0.2) is 0 Å². The molecule has 1 aliphatic rings. The highest BCUT2D eigenvalue weighted by atomic mass is 35.5. The van der Waals surface area contributed by atoms with E-state index in [0.717, 1.165) is 26.1 Å². The molecule has 78 valence electrons. The fourth-order valence-corrected chi connectivity index (χ4v) is 2.84. The first-order valence-corrected chi connectivity index (χ1v) is 6.33. The molecule has 0 saturated carbocycles. The first-order chi connectivity index (χ1) is 6.75. The van der Waals surface area contributed by atoms with Crippen molar-refractivity contribution in [2.75, 3.05) is 13.2 Å². The Balaban J connectivity index is 1.95. The van der Waals surface area contributed by atoms with E-state index in [9.17, 15) is 0 Å². The van der Waals surface area contributed by atoms with Crippen molar-refractivity contribution in [1.82, 2.24) is 0 Å². The summed E-state index contributed by atoms with van der Waals surface area (Å²) < 4.78 is 5.45. The van der Waals surface area contributed by atoms with Crippen molar-refractivity contribution in [2.45, 2.75) is 25.1 Å². The highest BCUT2D eigenvalue weighted by Gasteiger charge is 2.24. The van der Waals surface area contributed by atoms with Crippen LogP contribution in [0.5, 0.6) is 0 Å². The first-order valence-electron chi connectivity index (χ1n) is 5.01. The highest BCUT2D eigenvalue weighted by Crippen LogP contribution is 2.25. The van der Waals surface area contributed by atoms with Gasteiger partial charge >= 0.3 is 0 Å². The van der Waals surface area contributed by atoms with E-state index in [-0.39, 0.29) is 0 Å². The largest absolute Gasteiger partial charge is 0.381 e. The smallest absolute Gasteiger partial charge is 0.0511 e. The molecule has 1 nitrogen and oxygen atoms in total. The Labute approximate surface area is 94.0 Å². The van der Waals surface area contributed by atoms with Gasteiger partial charge in [0.1, 0.15) is 0 Å². The molecule has 1 aliphatic heterocycles. The lowest BCUT2D eigenvalue weighted by atomic mass is 9.95. The second-order valence-corrected chi connectivity index (χ2v) is 5.59. The van der Waals surface area contributed by atoms with Crippen LogP contribution in [0.3, 0.4) is 0 Å². The summed E-state index contributed by atoms with van der Waals surface area (Å²) >= 11 is 8.07. The van der Waals surface area contributed by atoms with Crippen LogP contribution in [0.1, 0.15) is 16.9 Å². The number of ether oxygens (including phenoxy) is 1. The standard InChI is InChI=1S/C11H15ClOS/c1-8-4-9(7-14-8)5-10-6-13-3-2-11(10)12/h4,7,10-11H,2-3,5-6H2,1H3. The van der Waals surface area contributed by atoms with Crippen LogP contribution in [0.25, 0.3) is 0 Å². The maximum atomic E-state index is 6.26. The Morgan fingerprint density at radius 1 is 1.64 bits per heavy atom. The summed E-state index contributed by atoms with van der Waals surface area (Å²) in [5.41, 5.74) is 1.41. The quantitative estimate of drug-likeness (QED) is 0.709. The summed E-state index contributed by atoms with van der Waals surface area (Å²) in [4.78, 5) is 1.38. The number of aryl methyl sites for hydroxylation is 1. The maximum Gasteiger partial charge on any atom is 0.0511 e. The summed E-state index contributed by atoms with van der Waals surface area (Å²) in [5.74, 6) is 0.499. The molecule has 2 heterocycles. The van der Waals surface area contributed by atoms with Crippen LogP contribution < -0.4 is 0 Å². The Hall–Kier alpha value is -0.0500. The maximum absolute atomic E-state index is 6.26. The number of hydrogen-bond acceptors (Lipinski definition) is 2. The molecule has 2 atom stereocenters. The number of hydrogen-bond donors (Lipinski definition) is 0. The summed E-state index contributed by atoms with van der Waals surface area (Å²) in [7, 11) is 0. The molecule has 1 fully saturated rings. The van der Waals surface area contributed by atoms with E-state index in [1.807, 2.05) is 11.3 Å². The van der Waals surface area contributed by atoms with E-state index >= 15 is 0 Å². The zero-order valence-electron chi connectivity index (χ0n) is 8.33. The Morgan fingerprint density at radius 3 is 3.14 bits per heavy atom. The van der Waals surface area contributed by atoms with Gasteiger partial charge in [-0.3, -0.25) is 0 Å². The predicted molar refractivity (Wildman–Crippen MR) is 61.3 cm³/mol. The fraction of sp³-hybridized carbons (Fsp3) is 0.636. The van der Waals surface area contributed by atoms with Gasteiger partial charge in [0, 0.05) is 22.8 Å². The van der Waals surface area contributed by atoms with Crippen molar-refractivity contribution in [3.05, 3.63) is 21.9 Å². The normalized spacial score (nSPS) is 27.9. The van der Waals surface area contributed by atoms with Crippen molar-refractivity contribution in [3.8, 4) is 0 Å². The monoisotopic (exact) mass is 230 g/mol. The Bertz CT molecular complexity index is 297. The second-order valence-electron chi connectivity index (χ2n) is 3.91. The molecule has 1 aromatic rings. The van der Waals surface area contributed by atoms with Crippen molar-refractivity contribution in [3.63, 3.8) is 0 Å². The molecule has 0 spiro atoms.